The van der Waals surface area contributed by atoms with Crippen LogP contribution in [0.2, 0.25) is 0 Å². The fourth-order valence-corrected chi connectivity index (χ4v) is 2.01. The Hall–Kier alpha value is -1.88. The molecule has 0 bridgehead atoms. The Kier molecular flexibility index (Phi) is 5.12. The number of hydrogen-bond donors (Lipinski definition) is 0. The minimum Gasteiger partial charge on any atom is -0.462 e. The molecule has 1 aromatic rings. The molecule has 2 rings (SSSR count). The van der Waals surface area contributed by atoms with Crippen molar-refractivity contribution in [2.24, 2.45) is 0 Å². The van der Waals surface area contributed by atoms with E-state index in [2.05, 4.69) is 0 Å². The Labute approximate surface area is 118 Å². The fourth-order valence-electron chi connectivity index (χ4n) is 2.01. The van der Waals surface area contributed by atoms with E-state index in [-0.39, 0.29) is 11.9 Å². The Bertz CT molecular complexity index is 481. The van der Waals surface area contributed by atoms with Gasteiger partial charge in [0.2, 0.25) is 0 Å². The summed E-state index contributed by atoms with van der Waals surface area (Å²) in [5.41, 5.74) is 0.926. The van der Waals surface area contributed by atoms with E-state index in [4.69, 9.17) is 9.47 Å². The van der Waals surface area contributed by atoms with Crippen molar-refractivity contribution in [1.29, 1.82) is 0 Å². The lowest BCUT2D eigenvalue weighted by Crippen LogP contribution is -2.40. The standard InChI is InChI=1S/C15H19NO4/c1-2-8-20-15(18)13-5-3-4-12(11-13)14(17)16-6-9-19-10-7-16/h3-5,11H,2,6-10H2,1H3. The zero-order valence-electron chi connectivity index (χ0n) is 11.6. The van der Waals surface area contributed by atoms with Gasteiger partial charge in [-0.15, -0.1) is 0 Å². The zero-order chi connectivity index (χ0) is 14.4. The topological polar surface area (TPSA) is 55.8 Å². The van der Waals surface area contributed by atoms with Gasteiger partial charge in [0, 0.05) is 18.7 Å². The number of morpholine rings is 1. The van der Waals surface area contributed by atoms with Crippen LogP contribution in [-0.2, 0) is 9.47 Å². The van der Waals surface area contributed by atoms with E-state index in [1.54, 1.807) is 29.2 Å². The van der Waals surface area contributed by atoms with Crippen molar-refractivity contribution in [2.75, 3.05) is 32.9 Å². The van der Waals surface area contributed by atoms with E-state index in [1.165, 1.54) is 0 Å². The van der Waals surface area contributed by atoms with Gasteiger partial charge in [0.05, 0.1) is 25.4 Å². The number of nitrogens with zero attached hydrogens (tertiary/aromatic N) is 1. The number of carbonyl (C=O) groups is 2. The van der Waals surface area contributed by atoms with E-state index < -0.39 is 0 Å². The minimum absolute atomic E-state index is 0.0709. The molecule has 5 heteroatoms. The monoisotopic (exact) mass is 277 g/mol. The first kappa shape index (κ1) is 14.5. The molecule has 1 aromatic carbocycles. The lowest BCUT2D eigenvalue weighted by atomic mass is 10.1. The van der Waals surface area contributed by atoms with Crippen LogP contribution in [0.3, 0.4) is 0 Å². The number of amides is 1. The summed E-state index contributed by atoms with van der Waals surface area (Å²) in [6.45, 7) is 4.62. The van der Waals surface area contributed by atoms with E-state index in [1.807, 2.05) is 6.92 Å². The molecular formula is C15H19NO4. The molecule has 1 heterocycles. The van der Waals surface area contributed by atoms with Crippen molar-refractivity contribution >= 4 is 11.9 Å². The summed E-state index contributed by atoms with van der Waals surface area (Å²) >= 11 is 0. The highest BCUT2D eigenvalue weighted by atomic mass is 16.5. The molecule has 5 nitrogen and oxygen atoms in total. The molecule has 0 aromatic heterocycles. The van der Waals surface area contributed by atoms with Gasteiger partial charge in [0.25, 0.3) is 5.91 Å². The van der Waals surface area contributed by atoms with Crippen LogP contribution in [0, 0.1) is 0 Å². The fraction of sp³-hybridized carbons (Fsp3) is 0.467. The van der Waals surface area contributed by atoms with Crippen molar-refractivity contribution in [3.63, 3.8) is 0 Å². The third-order valence-electron chi connectivity index (χ3n) is 3.08. The van der Waals surface area contributed by atoms with Crippen molar-refractivity contribution in [3.8, 4) is 0 Å². The highest BCUT2D eigenvalue weighted by Crippen LogP contribution is 2.11. The van der Waals surface area contributed by atoms with Crippen LogP contribution in [0.5, 0.6) is 0 Å². The highest BCUT2D eigenvalue weighted by molar-refractivity contribution is 5.98. The molecule has 1 aliphatic rings. The van der Waals surface area contributed by atoms with Gasteiger partial charge in [0.15, 0.2) is 0 Å². The number of carbonyl (C=O) groups excluding carboxylic acids is 2. The van der Waals surface area contributed by atoms with Gasteiger partial charge in [-0.25, -0.2) is 4.79 Å². The molecule has 0 N–H and O–H groups in total. The molecule has 1 amide bonds. The molecule has 0 radical (unpaired) electrons. The van der Waals surface area contributed by atoms with Gasteiger partial charge in [-0.1, -0.05) is 13.0 Å². The maximum Gasteiger partial charge on any atom is 0.338 e. The predicted octanol–water partition coefficient (Wildman–Crippen LogP) is 1.73. The Morgan fingerprint density at radius 1 is 1.25 bits per heavy atom. The van der Waals surface area contributed by atoms with Crippen LogP contribution < -0.4 is 0 Å². The summed E-state index contributed by atoms with van der Waals surface area (Å²) < 4.78 is 10.3. The van der Waals surface area contributed by atoms with E-state index in [9.17, 15) is 9.59 Å². The summed E-state index contributed by atoms with van der Waals surface area (Å²) in [7, 11) is 0. The molecule has 0 saturated carbocycles. The SMILES string of the molecule is CCCOC(=O)c1cccc(C(=O)N2CCOCC2)c1. The van der Waals surface area contributed by atoms with Crippen molar-refractivity contribution in [1.82, 2.24) is 4.90 Å². The predicted molar refractivity (Wildman–Crippen MR) is 73.7 cm³/mol. The van der Waals surface area contributed by atoms with Crippen LogP contribution in [0.25, 0.3) is 0 Å². The smallest absolute Gasteiger partial charge is 0.338 e. The van der Waals surface area contributed by atoms with Gasteiger partial charge in [-0.05, 0) is 24.6 Å². The van der Waals surface area contributed by atoms with Gasteiger partial charge < -0.3 is 14.4 Å². The second-order valence-corrected chi connectivity index (χ2v) is 4.62. The highest BCUT2D eigenvalue weighted by Gasteiger charge is 2.19. The molecule has 1 aliphatic heterocycles. The number of hydrogen-bond acceptors (Lipinski definition) is 4. The minimum atomic E-state index is -0.386. The summed E-state index contributed by atoms with van der Waals surface area (Å²) in [5.74, 6) is -0.457. The number of benzene rings is 1. The van der Waals surface area contributed by atoms with Gasteiger partial charge >= 0.3 is 5.97 Å². The van der Waals surface area contributed by atoms with Crippen molar-refractivity contribution in [3.05, 3.63) is 35.4 Å². The quantitative estimate of drug-likeness (QED) is 0.786. The normalized spacial score (nSPS) is 14.9. The van der Waals surface area contributed by atoms with Crippen LogP contribution in [0.4, 0.5) is 0 Å². The third kappa shape index (κ3) is 3.57. The molecule has 0 aliphatic carbocycles. The lowest BCUT2D eigenvalue weighted by molar-refractivity contribution is 0.0303. The summed E-state index contributed by atoms with van der Waals surface area (Å²) in [5, 5.41) is 0. The van der Waals surface area contributed by atoms with E-state index in [0.717, 1.165) is 6.42 Å². The van der Waals surface area contributed by atoms with Crippen LogP contribution >= 0.6 is 0 Å². The Balaban J connectivity index is 2.08. The first-order valence-electron chi connectivity index (χ1n) is 6.86. The largest absolute Gasteiger partial charge is 0.462 e. The molecule has 0 spiro atoms. The average Bonchev–Trinajstić information content (AvgIpc) is 2.52. The first-order valence-corrected chi connectivity index (χ1v) is 6.86. The molecule has 1 saturated heterocycles. The molecule has 0 unspecified atom stereocenters. The molecule has 20 heavy (non-hydrogen) atoms. The third-order valence-corrected chi connectivity index (χ3v) is 3.08. The van der Waals surface area contributed by atoms with Crippen molar-refractivity contribution in [2.45, 2.75) is 13.3 Å². The average molecular weight is 277 g/mol. The first-order chi connectivity index (χ1) is 9.72. The van der Waals surface area contributed by atoms with Gasteiger partial charge in [-0.2, -0.15) is 0 Å². The Morgan fingerprint density at radius 3 is 2.65 bits per heavy atom. The maximum atomic E-state index is 12.3. The second kappa shape index (κ2) is 7.05. The van der Waals surface area contributed by atoms with E-state index >= 15 is 0 Å². The molecular weight excluding hydrogens is 258 g/mol. The zero-order valence-corrected chi connectivity index (χ0v) is 11.6. The molecule has 108 valence electrons. The number of ether oxygens (including phenoxy) is 2. The lowest BCUT2D eigenvalue weighted by Gasteiger charge is -2.26. The van der Waals surface area contributed by atoms with Crippen LogP contribution in [0.15, 0.2) is 24.3 Å². The molecule has 1 fully saturated rings. The van der Waals surface area contributed by atoms with Crippen molar-refractivity contribution < 1.29 is 19.1 Å². The number of rotatable bonds is 4. The summed E-state index contributed by atoms with van der Waals surface area (Å²) in [4.78, 5) is 25.8. The van der Waals surface area contributed by atoms with Crippen LogP contribution in [-0.4, -0.2) is 49.7 Å². The molecule has 0 atom stereocenters. The maximum absolute atomic E-state index is 12.3. The summed E-state index contributed by atoms with van der Waals surface area (Å²) in [6.07, 6.45) is 0.776. The van der Waals surface area contributed by atoms with Crippen LogP contribution in [0.1, 0.15) is 34.1 Å². The number of esters is 1. The van der Waals surface area contributed by atoms with Gasteiger partial charge in [0.1, 0.15) is 0 Å². The summed E-state index contributed by atoms with van der Waals surface area (Å²) in [6, 6.07) is 6.68. The second-order valence-electron chi connectivity index (χ2n) is 4.62. The van der Waals surface area contributed by atoms with Gasteiger partial charge in [-0.3, -0.25) is 4.79 Å². The van der Waals surface area contributed by atoms with E-state index in [0.29, 0.717) is 44.0 Å². The Morgan fingerprint density at radius 2 is 1.95 bits per heavy atom.